The second-order valence-electron chi connectivity index (χ2n) is 5.30. The van der Waals surface area contributed by atoms with Crippen LogP contribution in [0.25, 0.3) is 22.2 Å². The van der Waals surface area contributed by atoms with E-state index in [-0.39, 0.29) is 5.91 Å². The molecule has 3 nitrogen and oxygen atoms in total. The van der Waals surface area contributed by atoms with E-state index in [9.17, 15) is 4.79 Å². The zero-order valence-corrected chi connectivity index (χ0v) is 11.8. The lowest BCUT2D eigenvalue weighted by Gasteiger charge is -2.15. The summed E-state index contributed by atoms with van der Waals surface area (Å²) < 4.78 is 7.57. The van der Waals surface area contributed by atoms with Gasteiger partial charge in [0.15, 0.2) is 0 Å². The summed E-state index contributed by atoms with van der Waals surface area (Å²) in [6.45, 7) is 2.27. The lowest BCUT2D eigenvalue weighted by atomic mass is 10.0. The fraction of sp³-hybridized carbons (Fsp3) is 0.167. The van der Waals surface area contributed by atoms with E-state index >= 15 is 0 Å². The smallest absolute Gasteiger partial charge is 0.228 e. The largest absolute Gasteiger partial charge is 0.493 e. The van der Waals surface area contributed by atoms with Gasteiger partial charge in [-0.25, -0.2) is 0 Å². The fourth-order valence-electron chi connectivity index (χ4n) is 3.24. The summed E-state index contributed by atoms with van der Waals surface area (Å²) in [6, 6.07) is 16.0. The topological polar surface area (TPSA) is 31.2 Å². The molecular weight excluding hydrogens is 262 g/mol. The number of hydrogen-bond acceptors (Lipinski definition) is 2. The van der Waals surface area contributed by atoms with Gasteiger partial charge < -0.3 is 4.74 Å². The number of ether oxygens (including phenoxy) is 1. The van der Waals surface area contributed by atoms with E-state index in [1.54, 1.807) is 6.92 Å². The Morgan fingerprint density at radius 1 is 1.10 bits per heavy atom. The molecule has 0 fully saturated rings. The first-order chi connectivity index (χ1) is 10.3. The van der Waals surface area contributed by atoms with Gasteiger partial charge in [0, 0.05) is 18.7 Å². The Morgan fingerprint density at radius 3 is 2.67 bits per heavy atom. The number of carbonyl (C=O) groups is 1. The molecule has 104 valence electrons. The molecule has 0 spiro atoms. The van der Waals surface area contributed by atoms with Gasteiger partial charge in [0.2, 0.25) is 5.91 Å². The van der Waals surface area contributed by atoms with Gasteiger partial charge in [-0.1, -0.05) is 36.4 Å². The molecular formula is C18H15NO2. The van der Waals surface area contributed by atoms with Crippen LogP contribution in [-0.2, 0) is 6.42 Å². The molecule has 4 rings (SSSR count). The summed E-state index contributed by atoms with van der Waals surface area (Å²) in [5.74, 6) is 0.912. The maximum absolute atomic E-state index is 12.2. The molecule has 2 heterocycles. The highest BCUT2D eigenvalue weighted by molar-refractivity contribution is 6.03. The average Bonchev–Trinajstić information content (AvgIpc) is 2.85. The predicted molar refractivity (Wildman–Crippen MR) is 82.9 cm³/mol. The van der Waals surface area contributed by atoms with E-state index in [0.29, 0.717) is 6.61 Å². The Labute approximate surface area is 122 Å². The third-order valence-corrected chi connectivity index (χ3v) is 4.03. The molecule has 0 N–H and O–H groups in total. The SMILES string of the molecule is CC(=O)n1c(-c2ccccc2)c2c3c(cccc31)OCC2. The van der Waals surface area contributed by atoms with Gasteiger partial charge in [0.1, 0.15) is 5.75 Å². The molecule has 21 heavy (non-hydrogen) atoms. The molecule has 0 saturated carbocycles. The summed E-state index contributed by atoms with van der Waals surface area (Å²) in [7, 11) is 0. The van der Waals surface area contributed by atoms with E-state index in [1.165, 1.54) is 5.56 Å². The normalized spacial score (nSPS) is 13.2. The van der Waals surface area contributed by atoms with E-state index < -0.39 is 0 Å². The van der Waals surface area contributed by atoms with Crippen molar-refractivity contribution in [2.45, 2.75) is 13.3 Å². The van der Waals surface area contributed by atoms with Crippen molar-refractivity contribution in [3.8, 4) is 17.0 Å². The predicted octanol–water partition coefficient (Wildman–Crippen LogP) is 3.90. The first-order valence-electron chi connectivity index (χ1n) is 7.13. The van der Waals surface area contributed by atoms with Crippen LogP contribution in [0.4, 0.5) is 0 Å². The van der Waals surface area contributed by atoms with Gasteiger partial charge >= 0.3 is 0 Å². The minimum atomic E-state index is 0.0316. The van der Waals surface area contributed by atoms with Crippen molar-refractivity contribution in [1.29, 1.82) is 0 Å². The van der Waals surface area contributed by atoms with Crippen molar-refractivity contribution in [1.82, 2.24) is 4.57 Å². The fourth-order valence-corrected chi connectivity index (χ4v) is 3.24. The van der Waals surface area contributed by atoms with Gasteiger partial charge in [-0.05, 0) is 23.3 Å². The number of rotatable bonds is 1. The van der Waals surface area contributed by atoms with Gasteiger partial charge in [0.05, 0.1) is 17.8 Å². The highest BCUT2D eigenvalue weighted by Gasteiger charge is 2.25. The van der Waals surface area contributed by atoms with E-state index in [0.717, 1.165) is 34.3 Å². The molecule has 0 amide bonds. The van der Waals surface area contributed by atoms with Crippen LogP contribution in [0.2, 0.25) is 0 Å². The highest BCUT2D eigenvalue weighted by Crippen LogP contribution is 2.41. The van der Waals surface area contributed by atoms with Crippen LogP contribution in [0.3, 0.4) is 0 Å². The van der Waals surface area contributed by atoms with Crippen molar-refractivity contribution >= 4 is 16.8 Å². The monoisotopic (exact) mass is 277 g/mol. The number of benzene rings is 2. The summed E-state index contributed by atoms with van der Waals surface area (Å²) in [6.07, 6.45) is 0.831. The standard InChI is InChI=1S/C18H15NO2/c1-12(20)19-15-8-5-9-16-17(15)14(10-11-21-16)18(19)13-6-3-2-4-7-13/h2-9H,10-11H2,1H3. The van der Waals surface area contributed by atoms with Crippen LogP contribution in [0.15, 0.2) is 48.5 Å². The Hall–Kier alpha value is -2.55. The molecule has 0 radical (unpaired) electrons. The molecule has 1 aliphatic rings. The number of aromatic nitrogens is 1. The molecule has 2 aromatic carbocycles. The van der Waals surface area contributed by atoms with E-state index in [4.69, 9.17) is 4.74 Å². The molecule has 0 bridgehead atoms. The number of hydrogen-bond donors (Lipinski definition) is 0. The van der Waals surface area contributed by atoms with E-state index in [2.05, 4.69) is 12.1 Å². The van der Waals surface area contributed by atoms with Crippen LogP contribution in [0.1, 0.15) is 17.3 Å². The average molecular weight is 277 g/mol. The van der Waals surface area contributed by atoms with E-state index in [1.807, 2.05) is 41.0 Å². The zero-order valence-electron chi connectivity index (χ0n) is 11.8. The summed E-state index contributed by atoms with van der Waals surface area (Å²) in [5.41, 5.74) is 4.24. The van der Waals surface area contributed by atoms with Crippen molar-refractivity contribution in [2.24, 2.45) is 0 Å². The van der Waals surface area contributed by atoms with Crippen molar-refractivity contribution < 1.29 is 9.53 Å². The van der Waals surface area contributed by atoms with Gasteiger partial charge in [-0.3, -0.25) is 9.36 Å². The first-order valence-corrected chi connectivity index (χ1v) is 7.13. The highest BCUT2D eigenvalue weighted by atomic mass is 16.5. The van der Waals surface area contributed by atoms with Gasteiger partial charge in [-0.2, -0.15) is 0 Å². The van der Waals surface area contributed by atoms with Crippen LogP contribution in [-0.4, -0.2) is 17.1 Å². The Bertz CT molecular complexity index is 847. The lowest BCUT2D eigenvalue weighted by molar-refractivity contribution is 0.0943. The van der Waals surface area contributed by atoms with Crippen molar-refractivity contribution in [3.05, 3.63) is 54.1 Å². The van der Waals surface area contributed by atoms with Crippen LogP contribution in [0, 0.1) is 0 Å². The Morgan fingerprint density at radius 2 is 1.90 bits per heavy atom. The molecule has 0 unspecified atom stereocenters. The summed E-state index contributed by atoms with van der Waals surface area (Å²) in [5, 5.41) is 1.08. The second kappa shape index (κ2) is 4.48. The Balaban J connectivity index is 2.17. The molecule has 0 aliphatic carbocycles. The quantitative estimate of drug-likeness (QED) is 0.675. The van der Waals surface area contributed by atoms with Crippen LogP contribution >= 0.6 is 0 Å². The lowest BCUT2D eigenvalue weighted by Crippen LogP contribution is -2.09. The maximum Gasteiger partial charge on any atom is 0.228 e. The number of nitrogens with zero attached hydrogens (tertiary/aromatic N) is 1. The molecule has 3 aromatic rings. The van der Waals surface area contributed by atoms with Crippen LogP contribution in [0.5, 0.6) is 5.75 Å². The molecule has 3 heteroatoms. The third kappa shape index (κ3) is 1.70. The minimum absolute atomic E-state index is 0.0316. The van der Waals surface area contributed by atoms with Crippen molar-refractivity contribution in [3.63, 3.8) is 0 Å². The van der Waals surface area contributed by atoms with Gasteiger partial charge in [-0.15, -0.1) is 0 Å². The van der Waals surface area contributed by atoms with Crippen molar-refractivity contribution in [2.75, 3.05) is 6.61 Å². The number of carbonyl (C=O) groups excluding carboxylic acids is 1. The minimum Gasteiger partial charge on any atom is -0.493 e. The summed E-state index contributed by atoms with van der Waals surface area (Å²) in [4.78, 5) is 12.2. The van der Waals surface area contributed by atoms with Crippen LogP contribution < -0.4 is 4.74 Å². The first kappa shape index (κ1) is 12.2. The maximum atomic E-state index is 12.2. The second-order valence-corrected chi connectivity index (χ2v) is 5.30. The molecule has 0 atom stereocenters. The Kier molecular flexibility index (Phi) is 2.61. The third-order valence-electron chi connectivity index (χ3n) is 4.03. The molecule has 1 aliphatic heterocycles. The summed E-state index contributed by atoms with van der Waals surface area (Å²) >= 11 is 0. The van der Waals surface area contributed by atoms with Gasteiger partial charge in [0.25, 0.3) is 0 Å². The molecule has 0 saturated heterocycles. The molecule has 1 aromatic heterocycles. The zero-order chi connectivity index (χ0) is 14.4.